The van der Waals surface area contributed by atoms with Crippen LogP contribution in [-0.2, 0) is 8.03 Å². The van der Waals surface area contributed by atoms with Gasteiger partial charge >= 0.3 is 0 Å². The molecule has 3 heteroatoms. The van der Waals surface area contributed by atoms with Crippen molar-refractivity contribution in [2.45, 2.75) is 10.2 Å². The molecule has 0 aliphatic carbocycles. The van der Waals surface area contributed by atoms with Gasteiger partial charge in [0.2, 0.25) is 6.29 Å². The zero-order chi connectivity index (χ0) is 9.19. The highest BCUT2D eigenvalue weighted by molar-refractivity contribution is 9.24. The summed E-state index contributed by atoms with van der Waals surface area (Å²) in [6.07, 6.45) is 1.89. The smallest absolute Gasteiger partial charge is 0.233 e. The topological polar surface area (TPSA) is 17.1 Å². The zero-order valence-electron chi connectivity index (χ0n) is 6.47. The maximum atomic E-state index is 10.5. The molecular weight excluding hydrogens is 284 g/mol. The van der Waals surface area contributed by atoms with Crippen LogP contribution < -0.4 is 0 Å². The minimum Gasteiger partial charge on any atom is -0.285 e. The van der Waals surface area contributed by atoms with Crippen LogP contribution in [0.25, 0.3) is 0 Å². The molecule has 0 saturated carbocycles. The fraction of sp³-hybridized carbons (Fsp3) is 0.222. The molecule has 0 fully saturated rings. The minimum atomic E-state index is -0.353. The third-order valence-corrected chi connectivity index (χ3v) is 2.36. The zero-order valence-corrected chi connectivity index (χ0v) is 9.65. The molecule has 0 aliphatic rings. The molecule has 0 atom stereocenters. The van der Waals surface area contributed by atoms with Crippen LogP contribution in [0.4, 0.5) is 0 Å². The monoisotopic (exact) mass is 289 g/mol. The van der Waals surface area contributed by atoms with Crippen LogP contribution in [0.3, 0.4) is 0 Å². The molecular formula is C9H7Br2O. The number of carbonyl (C=O) groups excluding carboxylic acids is 1. The lowest BCUT2D eigenvalue weighted by Gasteiger charge is -2.15. The third kappa shape index (κ3) is 2.17. The van der Waals surface area contributed by atoms with Gasteiger partial charge in [-0.1, -0.05) is 56.1 Å². The van der Waals surface area contributed by atoms with Crippen LogP contribution in [0.5, 0.6) is 0 Å². The molecule has 0 heterocycles. The highest BCUT2D eigenvalue weighted by Gasteiger charge is 2.21. The Morgan fingerprint density at radius 2 is 1.92 bits per heavy atom. The second kappa shape index (κ2) is 3.71. The molecule has 0 aromatic heterocycles. The molecule has 1 rings (SSSR count). The van der Waals surface area contributed by atoms with E-state index >= 15 is 0 Å². The summed E-state index contributed by atoms with van der Waals surface area (Å²) in [6.45, 7) is 1.92. The van der Waals surface area contributed by atoms with E-state index in [1.54, 1.807) is 6.07 Å². The summed E-state index contributed by atoms with van der Waals surface area (Å²) < 4.78 is -0.353. The molecule has 12 heavy (non-hydrogen) atoms. The van der Waals surface area contributed by atoms with Crippen molar-refractivity contribution in [3.05, 3.63) is 35.4 Å². The van der Waals surface area contributed by atoms with E-state index in [0.717, 1.165) is 5.56 Å². The highest BCUT2D eigenvalue weighted by Crippen LogP contribution is 2.38. The van der Waals surface area contributed by atoms with E-state index in [0.29, 0.717) is 5.56 Å². The maximum absolute atomic E-state index is 10.5. The van der Waals surface area contributed by atoms with Gasteiger partial charge in [-0.3, -0.25) is 4.79 Å². The van der Waals surface area contributed by atoms with Crippen LogP contribution >= 0.6 is 31.9 Å². The second-order valence-corrected chi connectivity index (χ2v) is 6.77. The fourth-order valence-electron chi connectivity index (χ4n) is 0.955. The summed E-state index contributed by atoms with van der Waals surface area (Å²) in [5, 5.41) is 0. The number of hydrogen-bond donors (Lipinski definition) is 0. The normalized spacial score (nSPS) is 11.2. The van der Waals surface area contributed by atoms with Crippen LogP contribution in [-0.4, -0.2) is 6.29 Å². The summed E-state index contributed by atoms with van der Waals surface area (Å²) in [5.74, 6) is 0. The van der Waals surface area contributed by atoms with Gasteiger partial charge in [-0.05, 0) is 12.5 Å². The lowest BCUT2D eigenvalue weighted by molar-refractivity contribution is 0.562. The van der Waals surface area contributed by atoms with E-state index in [-0.39, 0.29) is 3.23 Å². The lowest BCUT2D eigenvalue weighted by Crippen LogP contribution is -2.05. The summed E-state index contributed by atoms with van der Waals surface area (Å²) in [4.78, 5) is 10.5. The Hall–Kier alpha value is -0.150. The van der Waals surface area contributed by atoms with E-state index < -0.39 is 0 Å². The Balaban J connectivity index is 3.23. The molecule has 1 aromatic rings. The summed E-state index contributed by atoms with van der Waals surface area (Å²) in [6, 6.07) is 7.32. The second-order valence-electron chi connectivity index (χ2n) is 2.54. The van der Waals surface area contributed by atoms with E-state index in [9.17, 15) is 4.79 Å². The molecule has 1 aromatic carbocycles. The molecule has 63 valence electrons. The van der Waals surface area contributed by atoms with Crippen molar-refractivity contribution >= 4 is 38.1 Å². The quantitative estimate of drug-likeness (QED) is 0.765. The third-order valence-electron chi connectivity index (χ3n) is 1.51. The first-order valence-electron chi connectivity index (χ1n) is 3.41. The van der Waals surface area contributed by atoms with Crippen LogP contribution in [0.15, 0.2) is 24.3 Å². The average Bonchev–Trinajstić information content (AvgIpc) is 2.03. The number of rotatable bonds is 2. The first-order valence-corrected chi connectivity index (χ1v) is 5.00. The van der Waals surface area contributed by atoms with Gasteiger partial charge < -0.3 is 0 Å². The van der Waals surface area contributed by atoms with Gasteiger partial charge in [0, 0.05) is 5.56 Å². The standard InChI is InChI=1S/C9H7Br2O/c1-9(10,11)8-5-3-2-4-7(8)6-12/h2-5H,1H3. The molecule has 0 bridgehead atoms. The predicted octanol–water partition coefficient (Wildman–Crippen LogP) is 3.11. The molecule has 0 spiro atoms. The predicted molar refractivity (Wildman–Crippen MR) is 56.4 cm³/mol. The van der Waals surface area contributed by atoms with Gasteiger partial charge in [0.1, 0.15) is 3.23 Å². The van der Waals surface area contributed by atoms with Gasteiger partial charge in [0.25, 0.3) is 0 Å². The molecule has 0 aliphatic heterocycles. The summed E-state index contributed by atoms with van der Waals surface area (Å²) >= 11 is 6.83. The van der Waals surface area contributed by atoms with Crippen molar-refractivity contribution in [2.24, 2.45) is 0 Å². The first kappa shape index (κ1) is 9.93. The van der Waals surface area contributed by atoms with Crippen LogP contribution in [0.2, 0.25) is 0 Å². The Morgan fingerprint density at radius 1 is 1.33 bits per heavy atom. The molecule has 1 radical (unpaired) electrons. The van der Waals surface area contributed by atoms with E-state index in [1.807, 2.05) is 31.4 Å². The maximum Gasteiger partial charge on any atom is 0.233 e. The van der Waals surface area contributed by atoms with Crippen LogP contribution in [0.1, 0.15) is 18.1 Å². The van der Waals surface area contributed by atoms with Gasteiger partial charge in [-0.15, -0.1) is 0 Å². The van der Waals surface area contributed by atoms with Crippen LogP contribution in [0, 0.1) is 0 Å². The van der Waals surface area contributed by atoms with Crippen molar-refractivity contribution in [3.8, 4) is 0 Å². The van der Waals surface area contributed by atoms with E-state index in [2.05, 4.69) is 31.9 Å². The van der Waals surface area contributed by atoms with Crippen molar-refractivity contribution in [1.29, 1.82) is 0 Å². The first-order chi connectivity index (χ1) is 5.55. The van der Waals surface area contributed by atoms with E-state index in [4.69, 9.17) is 0 Å². The van der Waals surface area contributed by atoms with Gasteiger partial charge in [-0.2, -0.15) is 0 Å². The largest absolute Gasteiger partial charge is 0.285 e. The highest BCUT2D eigenvalue weighted by atomic mass is 79.9. The number of alkyl halides is 2. The SMILES string of the molecule is CC(Br)(Br)c1ccccc1[C]=O. The Kier molecular flexibility index (Phi) is 3.07. The Bertz CT molecular complexity index is 289. The molecule has 1 nitrogen and oxygen atoms in total. The van der Waals surface area contributed by atoms with Crippen molar-refractivity contribution in [3.63, 3.8) is 0 Å². The Morgan fingerprint density at radius 3 is 2.33 bits per heavy atom. The Labute approximate surface area is 88.4 Å². The van der Waals surface area contributed by atoms with Crippen molar-refractivity contribution in [1.82, 2.24) is 0 Å². The lowest BCUT2D eigenvalue weighted by atomic mass is 10.1. The molecule has 0 saturated heterocycles. The van der Waals surface area contributed by atoms with Gasteiger partial charge in [0.15, 0.2) is 0 Å². The molecule has 0 N–H and O–H groups in total. The minimum absolute atomic E-state index is 0.353. The van der Waals surface area contributed by atoms with E-state index in [1.165, 1.54) is 0 Å². The van der Waals surface area contributed by atoms with Crippen molar-refractivity contribution in [2.75, 3.05) is 0 Å². The number of benzene rings is 1. The number of halogens is 2. The molecule has 0 amide bonds. The fourth-order valence-corrected chi connectivity index (χ4v) is 1.65. The van der Waals surface area contributed by atoms with Crippen molar-refractivity contribution < 1.29 is 4.79 Å². The van der Waals surface area contributed by atoms with Gasteiger partial charge in [-0.25, -0.2) is 0 Å². The molecule has 0 unspecified atom stereocenters. The van der Waals surface area contributed by atoms with Gasteiger partial charge in [0.05, 0.1) is 0 Å². The summed E-state index contributed by atoms with van der Waals surface area (Å²) in [7, 11) is 0. The number of hydrogen-bond acceptors (Lipinski definition) is 1. The average molecular weight is 291 g/mol. The summed E-state index contributed by atoms with van der Waals surface area (Å²) in [5.41, 5.74) is 1.47.